The number of nitrogens with zero attached hydrogens (tertiary/aromatic N) is 2. The summed E-state index contributed by atoms with van der Waals surface area (Å²) in [5.74, 6) is 0.0624. The van der Waals surface area contributed by atoms with Crippen molar-refractivity contribution < 1.29 is 4.79 Å². The van der Waals surface area contributed by atoms with Gasteiger partial charge in [0.1, 0.15) is 0 Å². The SMILES string of the molecule is CCN1CCC(N(C)C(=O)/C=C/c2cccc(N)c2)CC1. The molecule has 1 heterocycles. The normalized spacial score (nSPS) is 17.2. The topological polar surface area (TPSA) is 49.6 Å². The van der Waals surface area contributed by atoms with Gasteiger partial charge in [-0.2, -0.15) is 0 Å². The largest absolute Gasteiger partial charge is 0.399 e. The number of carbonyl (C=O) groups is 1. The number of anilines is 1. The summed E-state index contributed by atoms with van der Waals surface area (Å²) in [5.41, 5.74) is 7.40. The summed E-state index contributed by atoms with van der Waals surface area (Å²) < 4.78 is 0. The molecule has 0 saturated carbocycles. The Morgan fingerprint density at radius 1 is 1.43 bits per heavy atom. The van der Waals surface area contributed by atoms with E-state index in [-0.39, 0.29) is 5.91 Å². The second-order valence-corrected chi connectivity index (χ2v) is 5.62. The number of piperidine rings is 1. The number of carbonyl (C=O) groups excluding carboxylic acids is 1. The highest BCUT2D eigenvalue weighted by molar-refractivity contribution is 5.91. The van der Waals surface area contributed by atoms with Gasteiger partial charge in [-0.05, 0) is 43.2 Å². The van der Waals surface area contributed by atoms with Crippen molar-refractivity contribution in [1.29, 1.82) is 0 Å². The predicted octanol–water partition coefficient (Wildman–Crippen LogP) is 2.22. The molecule has 1 fully saturated rings. The van der Waals surface area contributed by atoms with Crippen LogP contribution in [0.2, 0.25) is 0 Å². The van der Waals surface area contributed by atoms with E-state index >= 15 is 0 Å². The lowest BCUT2D eigenvalue weighted by molar-refractivity contribution is -0.127. The third-order valence-electron chi connectivity index (χ3n) is 4.23. The molecule has 114 valence electrons. The Balaban J connectivity index is 1.91. The minimum atomic E-state index is 0.0624. The van der Waals surface area contributed by atoms with Crippen molar-refractivity contribution in [3.63, 3.8) is 0 Å². The number of benzene rings is 1. The Kier molecular flexibility index (Phi) is 5.39. The molecule has 1 aliphatic rings. The average molecular weight is 287 g/mol. The number of likely N-dealkylation sites (tertiary alicyclic amines) is 1. The fraction of sp³-hybridized carbons (Fsp3) is 0.471. The molecule has 4 heteroatoms. The van der Waals surface area contributed by atoms with Gasteiger partial charge in [-0.15, -0.1) is 0 Å². The zero-order valence-corrected chi connectivity index (χ0v) is 13.0. The van der Waals surface area contributed by atoms with Crippen molar-refractivity contribution in [2.75, 3.05) is 32.4 Å². The van der Waals surface area contributed by atoms with Crippen molar-refractivity contribution in [2.45, 2.75) is 25.8 Å². The summed E-state index contributed by atoms with van der Waals surface area (Å²) in [6, 6.07) is 7.89. The van der Waals surface area contributed by atoms with Crippen molar-refractivity contribution >= 4 is 17.7 Å². The molecule has 1 aromatic carbocycles. The van der Waals surface area contributed by atoms with Crippen LogP contribution in [0.4, 0.5) is 5.69 Å². The summed E-state index contributed by atoms with van der Waals surface area (Å²) in [6.07, 6.45) is 5.59. The van der Waals surface area contributed by atoms with Crippen LogP contribution in [0.5, 0.6) is 0 Å². The number of rotatable bonds is 4. The van der Waals surface area contributed by atoms with Gasteiger partial charge in [-0.3, -0.25) is 4.79 Å². The van der Waals surface area contributed by atoms with Gasteiger partial charge in [0.15, 0.2) is 0 Å². The Hall–Kier alpha value is -1.81. The van der Waals surface area contributed by atoms with Crippen LogP contribution >= 0.6 is 0 Å². The number of nitrogens with two attached hydrogens (primary N) is 1. The van der Waals surface area contributed by atoms with Gasteiger partial charge in [-0.1, -0.05) is 19.1 Å². The fourth-order valence-electron chi connectivity index (χ4n) is 2.75. The van der Waals surface area contributed by atoms with E-state index in [1.54, 1.807) is 6.08 Å². The van der Waals surface area contributed by atoms with E-state index in [0.29, 0.717) is 11.7 Å². The molecule has 0 bridgehead atoms. The maximum absolute atomic E-state index is 12.2. The number of likely N-dealkylation sites (N-methyl/N-ethyl adjacent to an activating group) is 1. The summed E-state index contributed by atoms with van der Waals surface area (Å²) >= 11 is 0. The molecule has 0 spiro atoms. The molecule has 0 unspecified atom stereocenters. The monoisotopic (exact) mass is 287 g/mol. The highest BCUT2D eigenvalue weighted by Crippen LogP contribution is 2.16. The molecule has 2 N–H and O–H groups in total. The minimum absolute atomic E-state index is 0.0624. The Bertz CT molecular complexity index is 505. The summed E-state index contributed by atoms with van der Waals surface area (Å²) in [7, 11) is 1.90. The highest BCUT2D eigenvalue weighted by atomic mass is 16.2. The smallest absolute Gasteiger partial charge is 0.246 e. The second-order valence-electron chi connectivity index (χ2n) is 5.62. The number of hydrogen-bond donors (Lipinski definition) is 1. The van der Waals surface area contributed by atoms with E-state index in [1.807, 2.05) is 42.3 Å². The minimum Gasteiger partial charge on any atom is -0.399 e. The van der Waals surface area contributed by atoms with Crippen LogP contribution in [-0.2, 0) is 4.79 Å². The lowest BCUT2D eigenvalue weighted by Crippen LogP contribution is -2.45. The van der Waals surface area contributed by atoms with Crippen LogP contribution in [0, 0.1) is 0 Å². The van der Waals surface area contributed by atoms with E-state index in [4.69, 9.17) is 5.73 Å². The predicted molar refractivity (Wildman–Crippen MR) is 87.8 cm³/mol. The molecule has 21 heavy (non-hydrogen) atoms. The van der Waals surface area contributed by atoms with E-state index in [0.717, 1.165) is 38.0 Å². The first-order chi connectivity index (χ1) is 10.1. The summed E-state index contributed by atoms with van der Waals surface area (Å²) in [6.45, 7) is 5.44. The maximum atomic E-state index is 12.2. The van der Waals surface area contributed by atoms with Crippen LogP contribution in [0.1, 0.15) is 25.3 Å². The van der Waals surface area contributed by atoms with Gasteiger partial charge in [0, 0.05) is 37.9 Å². The molecule has 0 aliphatic carbocycles. The quantitative estimate of drug-likeness (QED) is 0.682. The van der Waals surface area contributed by atoms with Gasteiger partial charge in [0.2, 0.25) is 5.91 Å². The average Bonchev–Trinajstić information content (AvgIpc) is 2.52. The van der Waals surface area contributed by atoms with Crippen LogP contribution < -0.4 is 5.73 Å². The lowest BCUT2D eigenvalue weighted by Gasteiger charge is -2.35. The zero-order valence-electron chi connectivity index (χ0n) is 13.0. The van der Waals surface area contributed by atoms with Crippen molar-refractivity contribution in [3.05, 3.63) is 35.9 Å². The third kappa shape index (κ3) is 4.33. The molecule has 1 amide bonds. The first-order valence-corrected chi connectivity index (χ1v) is 7.63. The molecule has 0 atom stereocenters. The van der Waals surface area contributed by atoms with Crippen molar-refractivity contribution in [2.24, 2.45) is 0 Å². The molecule has 2 rings (SSSR count). The first-order valence-electron chi connectivity index (χ1n) is 7.63. The molecule has 1 aliphatic heterocycles. The van der Waals surface area contributed by atoms with Crippen LogP contribution in [0.25, 0.3) is 6.08 Å². The molecule has 1 saturated heterocycles. The Labute approximate surface area is 127 Å². The summed E-state index contributed by atoms with van der Waals surface area (Å²) in [4.78, 5) is 16.5. The van der Waals surface area contributed by atoms with Crippen LogP contribution in [0.3, 0.4) is 0 Å². The van der Waals surface area contributed by atoms with E-state index in [1.165, 1.54) is 0 Å². The van der Waals surface area contributed by atoms with Gasteiger partial charge in [-0.25, -0.2) is 0 Å². The van der Waals surface area contributed by atoms with Crippen molar-refractivity contribution in [1.82, 2.24) is 9.80 Å². The molecular weight excluding hydrogens is 262 g/mol. The van der Waals surface area contributed by atoms with Gasteiger partial charge in [0.05, 0.1) is 0 Å². The van der Waals surface area contributed by atoms with Gasteiger partial charge >= 0.3 is 0 Å². The number of hydrogen-bond acceptors (Lipinski definition) is 3. The Morgan fingerprint density at radius 3 is 2.76 bits per heavy atom. The third-order valence-corrected chi connectivity index (χ3v) is 4.23. The maximum Gasteiger partial charge on any atom is 0.246 e. The number of nitrogen functional groups attached to an aromatic ring is 1. The summed E-state index contributed by atoms with van der Waals surface area (Å²) in [5, 5.41) is 0. The molecule has 4 nitrogen and oxygen atoms in total. The lowest BCUT2D eigenvalue weighted by atomic mass is 10.0. The van der Waals surface area contributed by atoms with Crippen molar-refractivity contribution in [3.8, 4) is 0 Å². The molecular formula is C17H25N3O. The second kappa shape index (κ2) is 7.27. The van der Waals surface area contributed by atoms with E-state index in [2.05, 4.69) is 11.8 Å². The van der Waals surface area contributed by atoms with Crippen LogP contribution in [0.15, 0.2) is 30.3 Å². The van der Waals surface area contributed by atoms with Gasteiger partial charge in [0.25, 0.3) is 0 Å². The zero-order chi connectivity index (χ0) is 15.2. The number of amides is 1. The highest BCUT2D eigenvalue weighted by Gasteiger charge is 2.23. The first kappa shape index (κ1) is 15.6. The standard InChI is InChI=1S/C17H25N3O/c1-3-20-11-9-16(10-12-20)19(2)17(21)8-7-14-5-4-6-15(18)13-14/h4-8,13,16H,3,9-12,18H2,1-2H3/b8-7+. The van der Waals surface area contributed by atoms with Gasteiger partial charge < -0.3 is 15.5 Å². The molecule has 1 aromatic rings. The molecule has 0 radical (unpaired) electrons. The van der Waals surface area contributed by atoms with E-state index < -0.39 is 0 Å². The Morgan fingerprint density at radius 2 is 2.14 bits per heavy atom. The van der Waals surface area contributed by atoms with E-state index in [9.17, 15) is 4.79 Å². The molecule has 0 aromatic heterocycles. The van der Waals surface area contributed by atoms with Crippen LogP contribution in [-0.4, -0.2) is 48.4 Å². The fourth-order valence-corrected chi connectivity index (χ4v) is 2.75.